The predicted octanol–water partition coefficient (Wildman–Crippen LogP) is 5.91. The molecule has 4 rings (SSSR count). The second-order valence-electron chi connectivity index (χ2n) is 9.06. The summed E-state index contributed by atoms with van der Waals surface area (Å²) in [5, 5.41) is 0. The van der Waals surface area contributed by atoms with Crippen molar-refractivity contribution in [3.05, 3.63) is 84.6 Å². The van der Waals surface area contributed by atoms with Gasteiger partial charge in [-0.25, -0.2) is 9.97 Å². The van der Waals surface area contributed by atoms with Gasteiger partial charge in [0.05, 0.1) is 20.0 Å². The van der Waals surface area contributed by atoms with E-state index in [1.54, 1.807) is 7.11 Å². The molecule has 3 aromatic rings. The highest BCUT2D eigenvalue weighted by Crippen LogP contribution is 2.32. The van der Waals surface area contributed by atoms with Gasteiger partial charge in [-0.15, -0.1) is 0 Å². The first-order chi connectivity index (χ1) is 17.0. The molecule has 1 saturated heterocycles. The van der Waals surface area contributed by atoms with Gasteiger partial charge in [-0.2, -0.15) is 0 Å². The van der Waals surface area contributed by atoms with Crippen molar-refractivity contribution in [1.82, 2.24) is 19.4 Å². The van der Waals surface area contributed by atoms with E-state index in [1.807, 2.05) is 54.7 Å². The number of allylic oxidation sites excluding steroid dienone is 4. The summed E-state index contributed by atoms with van der Waals surface area (Å²) in [4.78, 5) is 24.5. The zero-order valence-corrected chi connectivity index (χ0v) is 20.9. The monoisotopic (exact) mass is 470 g/mol. The summed E-state index contributed by atoms with van der Waals surface area (Å²) in [6.45, 7) is 10.0. The van der Waals surface area contributed by atoms with Crippen LogP contribution in [0.1, 0.15) is 38.7 Å². The van der Waals surface area contributed by atoms with Gasteiger partial charge in [-0.1, -0.05) is 62.4 Å². The maximum absolute atomic E-state index is 12.8. The standard InChI is InChI=1S/C29H34N4O2/c1-5-10-23-15-27(34)32(18-23)19-26-25(24-11-8-7-9-12-24)16-30-29-28(26)31-20-33(29)17-22(6-2)14-13-21(3)35-4/h6-9,11-14,16,20,23H,3,5,10,15,17-19H2,1-2,4H3/b14-13-,22-6+. The lowest BCUT2D eigenvalue weighted by Crippen LogP contribution is -2.25. The number of carbonyl (C=O) groups excluding carboxylic acids is 1. The van der Waals surface area contributed by atoms with Crippen LogP contribution in [-0.2, 0) is 22.6 Å². The molecule has 0 radical (unpaired) electrons. The summed E-state index contributed by atoms with van der Waals surface area (Å²) in [6.07, 6.45) is 12.5. The summed E-state index contributed by atoms with van der Waals surface area (Å²) in [6, 6.07) is 10.2. The number of imidazole rings is 1. The van der Waals surface area contributed by atoms with Gasteiger partial charge in [-0.3, -0.25) is 4.79 Å². The minimum atomic E-state index is 0.228. The average molecular weight is 471 g/mol. The van der Waals surface area contributed by atoms with Crippen molar-refractivity contribution in [2.45, 2.75) is 46.2 Å². The molecule has 6 heteroatoms. The van der Waals surface area contributed by atoms with E-state index in [0.717, 1.165) is 52.8 Å². The lowest BCUT2D eigenvalue weighted by Gasteiger charge is -2.19. The number of likely N-dealkylation sites (tertiary alicyclic amines) is 1. The van der Waals surface area contributed by atoms with Crippen molar-refractivity contribution in [1.29, 1.82) is 0 Å². The zero-order valence-electron chi connectivity index (χ0n) is 20.9. The van der Waals surface area contributed by atoms with Crippen LogP contribution >= 0.6 is 0 Å². The average Bonchev–Trinajstić information content (AvgIpc) is 3.45. The Morgan fingerprint density at radius 1 is 1.23 bits per heavy atom. The first kappa shape index (κ1) is 24.5. The zero-order chi connectivity index (χ0) is 24.8. The molecule has 1 fully saturated rings. The molecule has 182 valence electrons. The molecule has 0 aliphatic carbocycles. The number of fused-ring (bicyclic) bond motifs is 1. The maximum atomic E-state index is 12.8. The van der Waals surface area contributed by atoms with Crippen LogP contribution in [0.3, 0.4) is 0 Å². The van der Waals surface area contributed by atoms with Gasteiger partial charge in [0.1, 0.15) is 11.3 Å². The smallest absolute Gasteiger partial charge is 0.223 e. The molecule has 1 aliphatic heterocycles. The molecule has 35 heavy (non-hydrogen) atoms. The van der Waals surface area contributed by atoms with Gasteiger partial charge in [0, 0.05) is 36.8 Å². The number of hydrogen-bond acceptors (Lipinski definition) is 4. The fourth-order valence-electron chi connectivity index (χ4n) is 4.70. The van der Waals surface area contributed by atoms with Gasteiger partial charge >= 0.3 is 0 Å². The van der Waals surface area contributed by atoms with Crippen molar-refractivity contribution in [2.75, 3.05) is 13.7 Å². The van der Waals surface area contributed by atoms with Crippen LogP contribution in [0.5, 0.6) is 0 Å². The molecule has 6 nitrogen and oxygen atoms in total. The minimum Gasteiger partial charge on any atom is -0.497 e. The highest BCUT2D eigenvalue weighted by atomic mass is 16.5. The fourth-order valence-corrected chi connectivity index (χ4v) is 4.70. The van der Waals surface area contributed by atoms with Crippen LogP contribution in [-0.4, -0.2) is 39.0 Å². The lowest BCUT2D eigenvalue weighted by atomic mass is 10.0. The third-order valence-corrected chi connectivity index (χ3v) is 6.63. The van der Waals surface area contributed by atoms with E-state index < -0.39 is 0 Å². The lowest BCUT2D eigenvalue weighted by molar-refractivity contribution is -0.128. The minimum absolute atomic E-state index is 0.228. The van der Waals surface area contributed by atoms with Crippen molar-refractivity contribution < 1.29 is 9.53 Å². The summed E-state index contributed by atoms with van der Waals surface area (Å²) < 4.78 is 7.19. The van der Waals surface area contributed by atoms with Crippen LogP contribution in [0.15, 0.2) is 79.0 Å². The fraction of sp³-hybridized carbons (Fsp3) is 0.345. The first-order valence-electron chi connectivity index (χ1n) is 12.3. The maximum Gasteiger partial charge on any atom is 0.223 e. The van der Waals surface area contributed by atoms with Crippen molar-refractivity contribution in [3.8, 4) is 11.1 Å². The molecule has 2 aromatic heterocycles. The molecule has 0 spiro atoms. The highest BCUT2D eigenvalue weighted by molar-refractivity contribution is 5.85. The van der Waals surface area contributed by atoms with Gasteiger partial charge in [0.2, 0.25) is 5.91 Å². The normalized spacial score (nSPS) is 16.5. The van der Waals surface area contributed by atoms with Crippen molar-refractivity contribution in [2.24, 2.45) is 5.92 Å². The molecular weight excluding hydrogens is 436 g/mol. The highest BCUT2D eigenvalue weighted by Gasteiger charge is 2.30. The third-order valence-electron chi connectivity index (χ3n) is 6.63. The Hall–Kier alpha value is -3.67. The number of rotatable bonds is 10. The summed E-state index contributed by atoms with van der Waals surface area (Å²) >= 11 is 0. The number of methoxy groups -OCH3 is 1. The van der Waals surface area contributed by atoms with Crippen LogP contribution in [0.4, 0.5) is 0 Å². The Labute approximate surface area is 207 Å². The second kappa shape index (κ2) is 11.2. The molecule has 0 saturated carbocycles. The van der Waals surface area contributed by atoms with Gasteiger partial charge in [0.15, 0.2) is 5.65 Å². The number of benzene rings is 1. The van der Waals surface area contributed by atoms with E-state index in [2.05, 4.69) is 36.3 Å². The number of amides is 1. The molecule has 1 atom stereocenters. The molecular formula is C29H34N4O2. The van der Waals surface area contributed by atoms with Crippen molar-refractivity contribution >= 4 is 17.1 Å². The Bertz CT molecular complexity index is 1260. The molecule has 0 bridgehead atoms. The summed E-state index contributed by atoms with van der Waals surface area (Å²) in [5.74, 6) is 1.27. The SMILES string of the molecule is C=C(/C=C\C(=C/C)Cn1cnc2c(CN3CC(CCC)CC3=O)c(-c3ccccc3)cnc21)OC. The molecule has 1 unspecified atom stereocenters. The van der Waals surface area contributed by atoms with Crippen LogP contribution in [0.2, 0.25) is 0 Å². The Morgan fingerprint density at radius 3 is 2.74 bits per heavy atom. The number of nitrogens with zero attached hydrogens (tertiary/aromatic N) is 4. The van der Waals surface area contributed by atoms with E-state index in [9.17, 15) is 4.79 Å². The van der Waals surface area contributed by atoms with E-state index in [-0.39, 0.29) is 5.91 Å². The van der Waals surface area contributed by atoms with E-state index >= 15 is 0 Å². The van der Waals surface area contributed by atoms with Crippen LogP contribution < -0.4 is 0 Å². The number of aromatic nitrogens is 3. The third kappa shape index (κ3) is 5.53. The van der Waals surface area contributed by atoms with E-state index in [4.69, 9.17) is 14.7 Å². The van der Waals surface area contributed by atoms with E-state index in [0.29, 0.717) is 31.2 Å². The Kier molecular flexibility index (Phi) is 7.80. The molecule has 3 heterocycles. The molecule has 1 amide bonds. The van der Waals surface area contributed by atoms with Gasteiger partial charge < -0.3 is 14.2 Å². The quantitative estimate of drug-likeness (QED) is 0.273. The Morgan fingerprint density at radius 2 is 2.03 bits per heavy atom. The number of pyridine rings is 1. The number of carbonyl (C=O) groups is 1. The number of ether oxygens (including phenoxy) is 1. The Balaban J connectivity index is 1.71. The molecule has 0 N–H and O–H groups in total. The van der Waals surface area contributed by atoms with Gasteiger partial charge in [0.25, 0.3) is 0 Å². The first-order valence-corrected chi connectivity index (χ1v) is 12.3. The largest absolute Gasteiger partial charge is 0.497 e. The second-order valence-corrected chi connectivity index (χ2v) is 9.06. The summed E-state index contributed by atoms with van der Waals surface area (Å²) in [7, 11) is 1.61. The molecule has 1 aliphatic rings. The topological polar surface area (TPSA) is 60.2 Å². The van der Waals surface area contributed by atoms with Crippen molar-refractivity contribution in [3.63, 3.8) is 0 Å². The summed E-state index contributed by atoms with van der Waals surface area (Å²) in [5.41, 5.74) is 5.91. The number of hydrogen-bond donors (Lipinski definition) is 0. The molecule has 1 aromatic carbocycles. The predicted molar refractivity (Wildman–Crippen MR) is 140 cm³/mol. The van der Waals surface area contributed by atoms with Gasteiger partial charge in [-0.05, 0) is 36.5 Å². The van der Waals surface area contributed by atoms with E-state index in [1.165, 1.54) is 0 Å². The van der Waals surface area contributed by atoms with Crippen LogP contribution in [0.25, 0.3) is 22.3 Å². The van der Waals surface area contributed by atoms with Crippen LogP contribution in [0, 0.1) is 5.92 Å².